The van der Waals surface area contributed by atoms with Gasteiger partial charge in [0.1, 0.15) is 0 Å². The fraction of sp³-hybridized carbons (Fsp3) is 0.100. The summed E-state index contributed by atoms with van der Waals surface area (Å²) in [5.41, 5.74) is 4.28. The van der Waals surface area contributed by atoms with Gasteiger partial charge in [-0.25, -0.2) is 0 Å². The third kappa shape index (κ3) is 7.68. The molecule has 0 unspecified atom stereocenters. The summed E-state index contributed by atoms with van der Waals surface area (Å²) in [6, 6.07) is 32.6. The van der Waals surface area contributed by atoms with Gasteiger partial charge in [-0.05, 0) is 36.1 Å². The number of hydrogen-bond acceptors (Lipinski definition) is 3. The zero-order valence-corrected chi connectivity index (χ0v) is 22.2. The van der Waals surface area contributed by atoms with Crippen LogP contribution in [0.3, 0.4) is 0 Å². The first-order chi connectivity index (χ1) is 16.4. The SMILES string of the molecule is CC(=Nc1c(C(=[N-])c2ccccc2)ccc2ccccc12)c1[c-]cccc1.CC(=O)/C=C(/C)O.[Ir]. The molecule has 0 bridgehead atoms. The molecule has 0 aliphatic carbocycles. The second-order valence-corrected chi connectivity index (χ2v) is 7.77. The van der Waals surface area contributed by atoms with Crippen molar-refractivity contribution >= 4 is 33.7 Å². The molecule has 0 fully saturated rings. The number of carbonyl (C=O) groups excluding carboxylic acids is 1. The minimum atomic E-state index is -0.125. The average molecular weight is 639 g/mol. The molecule has 4 aromatic rings. The van der Waals surface area contributed by atoms with Crippen molar-refractivity contribution in [1.82, 2.24) is 0 Å². The van der Waals surface area contributed by atoms with Gasteiger partial charge in [0.05, 0.1) is 11.4 Å². The summed E-state index contributed by atoms with van der Waals surface area (Å²) < 4.78 is 0. The second kappa shape index (κ2) is 13.3. The van der Waals surface area contributed by atoms with Crippen molar-refractivity contribution in [1.29, 1.82) is 0 Å². The maximum absolute atomic E-state index is 11.0. The predicted octanol–water partition coefficient (Wildman–Crippen LogP) is 7.22. The van der Waals surface area contributed by atoms with Crippen LogP contribution in [-0.2, 0) is 24.9 Å². The molecule has 0 atom stereocenters. The molecule has 0 saturated heterocycles. The number of carbonyl (C=O) groups is 1. The van der Waals surface area contributed by atoms with Crippen molar-refractivity contribution in [2.45, 2.75) is 20.8 Å². The molecule has 4 nitrogen and oxygen atoms in total. The second-order valence-electron chi connectivity index (χ2n) is 7.77. The topological polar surface area (TPSA) is 72.0 Å². The number of aliphatic imine (C=N–C) groups is 1. The number of aliphatic hydroxyl groups excluding tert-OH is 1. The maximum atomic E-state index is 11.0. The zero-order chi connectivity index (χ0) is 24.5. The van der Waals surface area contributed by atoms with Crippen LogP contribution in [0.4, 0.5) is 5.69 Å². The Morgan fingerprint density at radius 1 is 0.886 bits per heavy atom. The van der Waals surface area contributed by atoms with Crippen molar-refractivity contribution in [3.63, 3.8) is 0 Å². The third-order valence-corrected chi connectivity index (χ3v) is 4.99. The Morgan fingerprint density at radius 2 is 1.54 bits per heavy atom. The minimum Gasteiger partial charge on any atom is -0.803 e. The fourth-order valence-electron chi connectivity index (χ4n) is 3.46. The van der Waals surface area contributed by atoms with Gasteiger partial charge in [-0.2, -0.15) is 0 Å². The van der Waals surface area contributed by atoms with E-state index in [4.69, 9.17) is 10.1 Å². The molecule has 35 heavy (non-hydrogen) atoms. The van der Waals surface area contributed by atoms with Gasteiger partial charge in [-0.3, -0.25) is 4.79 Å². The number of aliphatic hydroxyl groups is 1. The smallest absolute Gasteiger partial charge is 0.155 e. The molecule has 0 amide bonds. The number of rotatable bonds is 5. The molecular weight excluding hydrogens is 613 g/mol. The van der Waals surface area contributed by atoms with E-state index in [0.29, 0.717) is 0 Å². The van der Waals surface area contributed by atoms with Crippen molar-refractivity contribution in [3.8, 4) is 0 Å². The van der Waals surface area contributed by atoms with E-state index in [9.17, 15) is 10.2 Å². The van der Waals surface area contributed by atoms with Crippen molar-refractivity contribution in [3.05, 3.63) is 131 Å². The molecule has 0 aromatic heterocycles. The van der Waals surface area contributed by atoms with Crippen LogP contribution in [0, 0.1) is 6.07 Å². The van der Waals surface area contributed by atoms with E-state index in [1.165, 1.54) is 19.9 Å². The maximum Gasteiger partial charge on any atom is 0.155 e. The summed E-state index contributed by atoms with van der Waals surface area (Å²) in [6.45, 7) is 4.82. The molecule has 5 heteroatoms. The van der Waals surface area contributed by atoms with Crippen LogP contribution >= 0.6 is 0 Å². The molecule has 179 valence electrons. The molecule has 0 aliphatic heterocycles. The van der Waals surface area contributed by atoms with Crippen LogP contribution in [-0.4, -0.2) is 22.3 Å². The van der Waals surface area contributed by atoms with Gasteiger partial charge < -0.3 is 15.5 Å². The van der Waals surface area contributed by atoms with Crippen LogP contribution < -0.4 is 0 Å². The van der Waals surface area contributed by atoms with Crippen molar-refractivity contribution in [2.75, 3.05) is 0 Å². The first kappa shape index (κ1) is 27.6. The number of allylic oxidation sites excluding steroid dienone is 2. The number of fused-ring (bicyclic) bond motifs is 1. The Morgan fingerprint density at radius 3 is 2.14 bits per heavy atom. The number of hydrogen-bond donors (Lipinski definition) is 1. The largest absolute Gasteiger partial charge is 0.803 e. The summed E-state index contributed by atoms with van der Waals surface area (Å²) in [7, 11) is 0. The molecule has 4 rings (SSSR count). The Balaban J connectivity index is 0.000000476. The molecule has 0 aliphatic rings. The van der Waals surface area contributed by atoms with Gasteiger partial charge in [-0.15, -0.1) is 41.6 Å². The molecule has 1 radical (unpaired) electrons. The van der Waals surface area contributed by atoms with Crippen LogP contribution in [0.15, 0.2) is 108 Å². The average Bonchev–Trinajstić information content (AvgIpc) is 2.84. The van der Waals surface area contributed by atoms with Crippen molar-refractivity contribution in [2.24, 2.45) is 4.99 Å². The monoisotopic (exact) mass is 639 g/mol. The Bertz CT molecular complexity index is 1360. The zero-order valence-electron chi connectivity index (χ0n) is 19.8. The first-order valence-electron chi connectivity index (χ1n) is 10.9. The van der Waals surface area contributed by atoms with Crippen molar-refractivity contribution < 1.29 is 30.0 Å². The summed E-state index contributed by atoms with van der Waals surface area (Å²) in [4.78, 5) is 14.9. The molecule has 4 aromatic carbocycles. The van der Waals surface area contributed by atoms with E-state index in [-0.39, 0.29) is 37.4 Å². The quantitative estimate of drug-likeness (QED) is 0.109. The minimum absolute atomic E-state index is 0. The van der Waals surface area contributed by atoms with Crippen LogP contribution in [0.5, 0.6) is 0 Å². The van der Waals surface area contributed by atoms with Crippen LogP contribution in [0.2, 0.25) is 0 Å². The van der Waals surface area contributed by atoms with E-state index < -0.39 is 0 Å². The number of ketones is 1. The Labute approximate surface area is 219 Å². The standard InChI is InChI=1S/C25H18N2.C5H8O2.Ir/c1-18(19-10-4-2-5-11-19)27-25-22-15-9-8-12-20(22)16-17-23(25)24(26)21-13-6-3-7-14-21;1-4(6)3-5(2)7;/h2-10,12-17H,1H3;3,6H,1-2H3;/q-2;;/b;4-3-;. The normalized spacial score (nSPS) is 11.2. The van der Waals surface area contributed by atoms with Crippen LogP contribution in [0.1, 0.15) is 37.5 Å². The Kier molecular flexibility index (Phi) is 10.5. The Hall–Kier alpha value is -3.66. The van der Waals surface area contributed by atoms with Crippen LogP contribution in [0.25, 0.3) is 16.2 Å². The fourth-order valence-corrected chi connectivity index (χ4v) is 3.46. The summed E-state index contributed by atoms with van der Waals surface area (Å²) in [5, 5.41) is 21.4. The van der Waals surface area contributed by atoms with E-state index in [0.717, 1.165) is 38.9 Å². The predicted molar refractivity (Wildman–Crippen MR) is 141 cm³/mol. The van der Waals surface area contributed by atoms with Gasteiger partial charge >= 0.3 is 0 Å². The van der Waals surface area contributed by atoms with E-state index >= 15 is 0 Å². The summed E-state index contributed by atoms with van der Waals surface area (Å²) in [5.74, 6) is -0.0625. The van der Waals surface area contributed by atoms with Gasteiger partial charge in [0.25, 0.3) is 0 Å². The van der Waals surface area contributed by atoms with Gasteiger partial charge in [-0.1, -0.05) is 73.7 Å². The molecule has 0 spiro atoms. The van der Waals surface area contributed by atoms with Gasteiger partial charge in [0.2, 0.25) is 0 Å². The third-order valence-electron chi connectivity index (χ3n) is 4.99. The van der Waals surface area contributed by atoms with E-state index in [1.54, 1.807) is 0 Å². The summed E-state index contributed by atoms with van der Waals surface area (Å²) in [6.07, 6.45) is 1.17. The summed E-state index contributed by atoms with van der Waals surface area (Å²) >= 11 is 0. The molecule has 0 saturated carbocycles. The van der Waals surface area contributed by atoms with Gasteiger partial charge in [0, 0.05) is 31.6 Å². The molecule has 1 N–H and O–H groups in total. The number of benzene rings is 4. The van der Waals surface area contributed by atoms with Gasteiger partial charge in [0.15, 0.2) is 5.78 Å². The first-order valence-corrected chi connectivity index (χ1v) is 10.9. The molecular formula is C30H26IrN2O2-2. The van der Waals surface area contributed by atoms with E-state index in [1.807, 2.05) is 91.9 Å². The number of nitrogens with zero attached hydrogens (tertiary/aromatic N) is 2. The van der Waals surface area contributed by atoms with E-state index in [2.05, 4.69) is 12.1 Å². The molecule has 0 heterocycles.